The van der Waals surface area contributed by atoms with Gasteiger partial charge in [-0.1, -0.05) is 0 Å². The average molecular weight is 294 g/mol. The van der Waals surface area contributed by atoms with E-state index < -0.39 is 11.9 Å². The second-order valence-corrected chi connectivity index (χ2v) is 4.48. The van der Waals surface area contributed by atoms with Gasteiger partial charge in [0.25, 0.3) is 0 Å². The zero-order valence-corrected chi connectivity index (χ0v) is 11.9. The molecule has 0 radical (unpaired) electrons. The Hall–Kier alpha value is -2.41. The third-order valence-electron chi connectivity index (χ3n) is 2.90. The number of hydrogen-bond donors (Lipinski definition) is 3. The summed E-state index contributed by atoms with van der Waals surface area (Å²) in [7, 11) is 3.14. The summed E-state index contributed by atoms with van der Waals surface area (Å²) in [4.78, 5) is 13.2. The highest BCUT2D eigenvalue weighted by molar-refractivity contribution is 5.53. The van der Waals surface area contributed by atoms with Gasteiger partial charge in [0.15, 0.2) is 0 Å². The molecule has 21 heavy (non-hydrogen) atoms. The van der Waals surface area contributed by atoms with Crippen molar-refractivity contribution < 1.29 is 19.0 Å². The highest BCUT2D eigenvalue weighted by Gasteiger charge is 2.09. The summed E-state index contributed by atoms with van der Waals surface area (Å²) >= 11 is 0. The number of oxazole rings is 1. The Balaban J connectivity index is 1.94. The van der Waals surface area contributed by atoms with Gasteiger partial charge in [-0.25, -0.2) is 4.79 Å². The molecule has 1 unspecified atom stereocenters. The van der Waals surface area contributed by atoms with Gasteiger partial charge in [-0.15, -0.1) is 0 Å². The number of hydrogen-bond acceptors (Lipinski definition) is 6. The summed E-state index contributed by atoms with van der Waals surface area (Å²) in [5.74, 6) is 1.20. The third kappa shape index (κ3) is 4.28. The minimum absolute atomic E-state index is 0.243. The monoisotopic (exact) mass is 294 g/mol. The van der Waals surface area contributed by atoms with Gasteiger partial charge in [0.1, 0.15) is 17.3 Å². The van der Waals surface area contributed by atoms with Gasteiger partial charge < -0.3 is 24.3 Å². The Morgan fingerprint density at radius 1 is 1.29 bits per heavy atom. The van der Waals surface area contributed by atoms with E-state index in [1.165, 1.54) is 6.20 Å². The molecular formula is C14H18N2O5. The lowest BCUT2D eigenvalue weighted by molar-refractivity contribution is 0.179. The molecule has 114 valence electrons. The van der Waals surface area contributed by atoms with Crippen molar-refractivity contribution >= 4 is 5.69 Å². The molecular weight excluding hydrogens is 276 g/mol. The molecule has 1 atom stereocenters. The number of aromatic nitrogens is 1. The van der Waals surface area contributed by atoms with Crippen LogP contribution in [0.4, 0.5) is 5.69 Å². The Bertz CT molecular complexity index is 612. The van der Waals surface area contributed by atoms with E-state index in [2.05, 4.69) is 10.3 Å². The summed E-state index contributed by atoms with van der Waals surface area (Å²) in [6, 6.07) is 5.35. The largest absolute Gasteiger partial charge is 0.497 e. The molecule has 0 spiro atoms. The average Bonchev–Trinajstić information content (AvgIpc) is 2.89. The number of nitrogens with one attached hydrogen (secondary N) is 2. The van der Waals surface area contributed by atoms with Crippen molar-refractivity contribution in [2.24, 2.45) is 0 Å². The highest BCUT2D eigenvalue weighted by atomic mass is 16.5. The maximum Gasteiger partial charge on any atom is 0.416 e. The number of H-pyrrole nitrogens is 1. The van der Waals surface area contributed by atoms with Gasteiger partial charge in [0.05, 0.1) is 20.3 Å². The first kappa shape index (κ1) is 15.0. The molecule has 3 N–H and O–H groups in total. The maximum absolute atomic E-state index is 10.8. The fraction of sp³-hybridized carbons (Fsp3) is 0.357. The second kappa shape index (κ2) is 6.85. The number of aromatic amines is 1. The smallest absolute Gasteiger partial charge is 0.416 e. The second-order valence-electron chi connectivity index (χ2n) is 4.48. The van der Waals surface area contributed by atoms with Crippen LogP contribution in [0.25, 0.3) is 0 Å². The highest BCUT2D eigenvalue weighted by Crippen LogP contribution is 2.25. The maximum atomic E-state index is 10.8. The molecule has 0 aliphatic rings. The molecule has 2 rings (SSSR count). The van der Waals surface area contributed by atoms with Crippen LogP contribution in [0.3, 0.4) is 0 Å². The van der Waals surface area contributed by atoms with Crippen LogP contribution in [0.2, 0.25) is 0 Å². The van der Waals surface area contributed by atoms with E-state index >= 15 is 0 Å². The van der Waals surface area contributed by atoms with Gasteiger partial charge in [0, 0.05) is 43.0 Å². The van der Waals surface area contributed by atoms with Crippen molar-refractivity contribution in [2.45, 2.75) is 12.5 Å². The van der Waals surface area contributed by atoms with Gasteiger partial charge in [-0.3, -0.25) is 4.98 Å². The van der Waals surface area contributed by atoms with Crippen LogP contribution in [0.1, 0.15) is 5.76 Å². The van der Waals surface area contributed by atoms with Gasteiger partial charge in [-0.2, -0.15) is 0 Å². The lowest BCUT2D eigenvalue weighted by Crippen LogP contribution is -2.21. The van der Waals surface area contributed by atoms with Crippen LogP contribution in [-0.2, 0) is 6.42 Å². The molecule has 0 aliphatic carbocycles. The zero-order valence-electron chi connectivity index (χ0n) is 11.9. The number of anilines is 1. The Morgan fingerprint density at radius 3 is 2.48 bits per heavy atom. The molecule has 7 nitrogen and oxygen atoms in total. The molecule has 0 saturated heterocycles. The van der Waals surface area contributed by atoms with E-state index in [0.29, 0.717) is 23.8 Å². The number of ether oxygens (including phenoxy) is 2. The van der Waals surface area contributed by atoms with Crippen LogP contribution < -0.4 is 20.5 Å². The Kier molecular flexibility index (Phi) is 4.89. The topological polar surface area (TPSA) is 96.7 Å². The minimum Gasteiger partial charge on any atom is -0.497 e. The first-order valence-electron chi connectivity index (χ1n) is 6.43. The SMILES string of the molecule is COc1cc(NCC(O)Cc2c[nH]c(=O)o2)cc(OC)c1. The van der Waals surface area contributed by atoms with E-state index in [-0.39, 0.29) is 6.42 Å². The summed E-state index contributed by atoms with van der Waals surface area (Å²) in [5.41, 5.74) is 0.765. The number of rotatable bonds is 7. The first-order valence-corrected chi connectivity index (χ1v) is 6.43. The van der Waals surface area contributed by atoms with Crippen LogP contribution in [0.5, 0.6) is 11.5 Å². The van der Waals surface area contributed by atoms with Crippen LogP contribution in [0, 0.1) is 0 Å². The quantitative estimate of drug-likeness (QED) is 0.705. The zero-order chi connectivity index (χ0) is 15.2. The fourth-order valence-corrected chi connectivity index (χ4v) is 1.87. The lowest BCUT2D eigenvalue weighted by Gasteiger charge is -2.13. The molecule has 0 bridgehead atoms. The fourth-order valence-electron chi connectivity index (χ4n) is 1.87. The van der Waals surface area contributed by atoms with Crippen LogP contribution in [0.15, 0.2) is 33.6 Å². The summed E-state index contributed by atoms with van der Waals surface area (Å²) in [6.07, 6.45) is 0.994. The number of aliphatic hydroxyl groups excluding tert-OH is 1. The van der Waals surface area contributed by atoms with Gasteiger partial charge >= 0.3 is 5.76 Å². The number of aliphatic hydroxyl groups is 1. The van der Waals surface area contributed by atoms with Crippen LogP contribution in [-0.4, -0.2) is 37.0 Å². The van der Waals surface area contributed by atoms with Gasteiger partial charge in [-0.05, 0) is 0 Å². The normalized spacial score (nSPS) is 12.0. The molecule has 0 fully saturated rings. The van der Waals surface area contributed by atoms with E-state index in [9.17, 15) is 9.90 Å². The van der Waals surface area contributed by atoms with Gasteiger partial charge in [0.2, 0.25) is 0 Å². The molecule has 0 aliphatic heterocycles. The molecule has 1 aromatic carbocycles. The number of methoxy groups -OCH3 is 2. The van der Waals surface area contributed by atoms with Crippen molar-refractivity contribution in [1.82, 2.24) is 4.98 Å². The van der Waals surface area contributed by atoms with E-state index in [1.54, 1.807) is 32.4 Å². The predicted octanol–water partition coefficient (Wildman–Crippen LogP) is 1.00. The standard InChI is InChI=1S/C14H18N2O5/c1-19-11-3-9(4-12(6-11)20-2)15-7-10(17)5-13-8-16-14(18)21-13/h3-4,6,8,10,15,17H,5,7H2,1-2H3,(H,16,18). The first-order chi connectivity index (χ1) is 10.1. The third-order valence-corrected chi connectivity index (χ3v) is 2.90. The van der Waals surface area contributed by atoms with Crippen molar-refractivity contribution in [3.05, 3.63) is 40.7 Å². The Morgan fingerprint density at radius 2 is 1.95 bits per heavy atom. The van der Waals surface area contributed by atoms with Crippen LogP contribution >= 0.6 is 0 Å². The molecule has 1 heterocycles. The molecule has 0 saturated carbocycles. The molecule has 2 aromatic rings. The number of benzene rings is 1. The summed E-state index contributed by atoms with van der Waals surface area (Å²) < 4.78 is 15.2. The van der Waals surface area contributed by atoms with Crippen molar-refractivity contribution in [2.75, 3.05) is 26.1 Å². The van der Waals surface area contributed by atoms with E-state index in [1.807, 2.05) is 0 Å². The predicted molar refractivity (Wildman–Crippen MR) is 77.1 cm³/mol. The van der Waals surface area contributed by atoms with E-state index in [0.717, 1.165) is 5.69 Å². The summed E-state index contributed by atoms with van der Waals surface area (Å²) in [5, 5.41) is 13.0. The summed E-state index contributed by atoms with van der Waals surface area (Å²) in [6.45, 7) is 0.297. The van der Waals surface area contributed by atoms with Crippen molar-refractivity contribution in [1.29, 1.82) is 0 Å². The van der Waals surface area contributed by atoms with Crippen molar-refractivity contribution in [3.63, 3.8) is 0 Å². The van der Waals surface area contributed by atoms with Crippen molar-refractivity contribution in [3.8, 4) is 11.5 Å². The minimum atomic E-state index is -0.693. The molecule has 7 heteroatoms. The molecule has 0 amide bonds. The lowest BCUT2D eigenvalue weighted by atomic mass is 10.2. The Labute approximate surface area is 121 Å². The van der Waals surface area contributed by atoms with E-state index in [4.69, 9.17) is 13.9 Å². The molecule has 1 aromatic heterocycles.